The molecule has 0 aliphatic carbocycles. The van der Waals surface area contributed by atoms with Crippen LogP contribution in [0.15, 0.2) is 42.5 Å². The Kier molecular flexibility index (Phi) is 5.82. The molecule has 4 rings (SSSR count). The molecule has 0 spiro atoms. The van der Waals surface area contributed by atoms with E-state index in [2.05, 4.69) is 5.32 Å². The van der Waals surface area contributed by atoms with Crippen LogP contribution in [0.4, 0.5) is 5.82 Å². The van der Waals surface area contributed by atoms with Crippen LogP contribution in [-0.4, -0.2) is 42.3 Å². The molecule has 8 heteroatoms. The second kappa shape index (κ2) is 8.55. The Morgan fingerprint density at radius 2 is 1.71 bits per heavy atom. The van der Waals surface area contributed by atoms with Gasteiger partial charge in [0.15, 0.2) is 11.5 Å². The Morgan fingerprint density at radius 1 is 1.00 bits per heavy atom. The summed E-state index contributed by atoms with van der Waals surface area (Å²) in [6.07, 6.45) is 0. The maximum Gasteiger partial charge on any atom is 0.238 e. The zero-order valence-electron chi connectivity index (χ0n) is 18.1. The molecule has 0 radical (unpaired) electrons. The van der Waals surface area contributed by atoms with Crippen LogP contribution in [0.3, 0.4) is 0 Å². The van der Waals surface area contributed by atoms with Crippen molar-refractivity contribution < 1.29 is 19.0 Å². The highest BCUT2D eigenvalue weighted by Crippen LogP contribution is 2.52. The van der Waals surface area contributed by atoms with E-state index in [1.54, 1.807) is 37.8 Å². The van der Waals surface area contributed by atoms with E-state index in [1.165, 1.54) is 0 Å². The summed E-state index contributed by atoms with van der Waals surface area (Å²) in [5.41, 5.74) is 3.55. The van der Waals surface area contributed by atoms with E-state index in [1.807, 2.05) is 56.3 Å². The van der Waals surface area contributed by atoms with Gasteiger partial charge in [0, 0.05) is 11.1 Å². The quantitative estimate of drug-likeness (QED) is 0.636. The number of fused-ring (bicyclic) bond motifs is 1. The van der Waals surface area contributed by atoms with E-state index >= 15 is 0 Å². The number of aryl methyl sites for hydroxylation is 1. The molecular weight excluding hydrogens is 414 g/mol. The van der Waals surface area contributed by atoms with Crippen molar-refractivity contribution >= 4 is 23.5 Å². The van der Waals surface area contributed by atoms with Gasteiger partial charge in [0.05, 0.1) is 43.2 Å². The largest absolute Gasteiger partial charge is 0.493 e. The lowest BCUT2D eigenvalue weighted by molar-refractivity contribution is -0.115. The predicted molar refractivity (Wildman–Crippen MR) is 122 cm³/mol. The number of ether oxygens (including phenoxy) is 3. The summed E-state index contributed by atoms with van der Waals surface area (Å²) in [5, 5.41) is 7.38. The summed E-state index contributed by atoms with van der Waals surface area (Å²) in [5.74, 6) is 2.30. The fraction of sp³-hybridized carbons (Fsp3) is 0.304. The van der Waals surface area contributed by atoms with Crippen molar-refractivity contribution in [2.45, 2.75) is 24.3 Å². The number of benzene rings is 2. The highest BCUT2D eigenvalue weighted by atomic mass is 32.2. The fourth-order valence-electron chi connectivity index (χ4n) is 3.84. The molecule has 1 aliphatic heterocycles. The lowest BCUT2D eigenvalue weighted by Gasteiger charge is -2.22. The van der Waals surface area contributed by atoms with E-state index in [4.69, 9.17) is 19.3 Å². The maximum absolute atomic E-state index is 12.9. The number of para-hydroxylation sites is 1. The number of hydrogen-bond acceptors (Lipinski definition) is 6. The van der Waals surface area contributed by atoms with Crippen LogP contribution in [0.1, 0.15) is 29.0 Å². The third kappa shape index (κ3) is 3.61. The average molecular weight is 440 g/mol. The molecule has 0 saturated carbocycles. The topological polar surface area (TPSA) is 74.6 Å². The minimum atomic E-state index is -0.279. The number of aromatic nitrogens is 2. The Balaban J connectivity index is 1.96. The van der Waals surface area contributed by atoms with Crippen molar-refractivity contribution in [1.82, 2.24) is 9.78 Å². The molecule has 2 unspecified atom stereocenters. The van der Waals surface area contributed by atoms with Crippen molar-refractivity contribution in [3.8, 4) is 22.9 Å². The SMILES string of the molecule is COc1ccc(C2SC(C)C(=O)Nc3c2c(C)nn3-c2ccccc2)c(OC)c1OC. The summed E-state index contributed by atoms with van der Waals surface area (Å²) in [4.78, 5) is 12.9. The third-order valence-corrected chi connectivity index (χ3v) is 6.72. The first kappa shape index (κ1) is 21.1. The van der Waals surface area contributed by atoms with Crippen molar-refractivity contribution in [1.29, 1.82) is 0 Å². The lowest BCUT2D eigenvalue weighted by Crippen LogP contribution is -2.22. The van der Waals surface area contributed by atoms with Gasteiger partial charge in [-0.2, -0.15) is 5.10 Å². The van der Waals surface area contributed by atoms with Gasteiger partial charge in [0.2, 0.25) is 11.7 Å². The van der Waals surface area contributed by atoms with Gasteiger partial charge in [-0.3, -0.25) is 4.79 Å². The molecule has 2 heterocycles. The number of hydrogen-bond donors (Lipinski definition) is 1. The fourth-order valence-corrected chi connectivity index (χ4v) is 5.18. The number of thioether (sulfide) groups is 1. The molecule has 2 atom stereocenters. The van der Waals surface area contributed by atoms with Crippen LogP contribution in [0.25, 0.3) is 5.69 Å². The minimum Gasteiger partial charge on any atom is -0.493 e. The van der Waals surface area contributed by atoms with Crippen LogP contribution in [0.2, 0.25) is 0 Å². The van der Waals surface area contributed by atoms with E-state index in [9.17, 15) is 4.79 Å². The smallest absolute Gasteiger partial charge is 0.238 e. The number of anilines is 1. The number of amides is 1. The number of carbonyl (C=O) groups is 1. The molecule has 31 heavy (non-hydrogen) atoms. The maximum atomic E-state index is 12.9. The average Bonchev–Trinajstić information content (AvgIpc) is 3.04. The number of rotatable bonds is 5. The predicted octanol–water partition coefficient (Wildman–Crippen LogP) is 4.37. The molecule has 1 aromatic heterocycles. The second-order valence-electron chi connectivity index (χ2n) is 7.17. The highest BCUT2D eigenvalue weighted by Gasteiger charge is 2.36. The monoisotopic (exact) mass is 439 g/mol. The summed E-state index contributed by atoms with van der Waals surface area (Å²) in [7, 11) is 4.78. The Bertz CT molecular complexity index is 1110. The summed E-state index contributed by atoms with van der Waals surface area (Å²) >= 11 is 1.55. The minimum absolute atomic E-state index is 0.0646. The molecule has 2 aromatic carbocycles. The van der Waals surface area contributed by atoms with Crippen molar-refractivity contribution in [3.05, 3.63) is 59.3 Å². The number of methoxy groups -OCH3 is 3. The van der Waals surface area contributed by atoms with Gasteiger partial charge in [0.1, 0.15) is 5.82 Å². The summed E-state index contributed by atoms with van der Waals surface area (Å²) < 4.78 is 18.6. The molecule has 1 amide bonds. The van der Waals surface area contributed by atoms with Crippen LogP contribution < -0.4 is 19.5 Å². The van der Waals surface area contributed by atoms with Crippen molar-refractivity contribution in [2.24, 2.45) is 0 Å². The molecule has 1 N–H and O–H groups in total. The van der Waals surface area contributed by atoms with Gasteiger partial charge in [0.25, 0.3) is 0 Å². The van der Waals surface area contributed by atoms with E-state index in [0.29, 0.717) is 23.1 Å². The molecule has 162 valence electrons. The van der Waals surface area contributed by atoms with Crippen molar-refractivity contribution in [3.63, 3.8) is 0 Å². The standard InChI is InChI=1S/C23H25N3O4S/c1-13-18-21(16-11-12-17(28-3)20(30-5)19(16)29-4)31-14(2)23(27)24-22(18)26(25-13)15-9-7-6-8-10-15/h6-12,14,21H,1-5H3,(H,24,27). The molecule has 0 bridgehead atoms. The van der Waals surface area contributed by atoms with Gasteiger partial charge in [-0.25, -0.2) is 4.68 Å². The van der Waals surface area contributed by atoms with E-state index in [0.717, 1.165) is 22.5 Å². The lowest BCUT2D eigenvalue weighted by atomic mass is 10.0. The van der Waals surface area contributed by atoms with Crippen LogP contribution in [0, 0.1) is 6.92 Å². The molecular formula is C23H25N3O4S. The Labute approximate surface area is 185 Å². The second-order valence-corrected chi connectivity index (χ2v) is 8.62. The summed E-state index contributed by atoms with van der Waals surface area (Å²) in [6.45, 7) is 3.86. The van der Waals surface area contributed by atoms with Gasteiger partial charge < -0.3 is 19.5 Å². The number of nitrogens with one attached hydrogen (secondary N) is 1. The molecule has 0 fully saturated rings. The summed E-state index contributed by atoms with van der Waals surface area (Å²) in [6, 6.07) is 13.6. The molecule has 0 saturated heterocycles. The first-order valence-corrected chi connectivity index (χ1v) is 10.8. The third-order valence-electron chi connectivity index (χ3n) is 5.34. The van der Waals surface area contributed by atoms with Gasteiger partial charge >= 0.3 is 0 Å². The van der Waals surface area contributed by atoms with Gasteiger partial charge in [-0.15, -0.1) is 11.8 Å². The zero-order chi connectivity index (χ0) is 22.1. The van der Waals surface area contributed by atoms with Gasteiger partial charge in [-0.1, -0.05) is 18.2 Å². The Morgan fingerprint density at radius 3 is 2.35 bits per heavy atom. The van der Waals surface area contributed by atoms with E-state index < -0.39 is 0 Å². The Hall–Kier alpha value is -3.13. The molecule has 3 aromatic rings. The van der Waals surface area contributed by atoms with E-state index in [-0.39, 0.29) is 16.4 Å². The number of nitrogens with zero attached hydrogens (tertiary/aromatic N) is 2. The normalized spacial score (nSPS) is 18.0. The van der Waals surface area contributed by atoms with Gasteiger partial charge in [-0.05, 0) is 38.1 Å². The van der Waals surface area contributed by atoms with Crippen LogP contribution >= 0.6 is 11.8 Å². The first-order valence-electron chi connectivity index (χ1n) is 9.90. The zero-order valence-corrected chi connectivity index (χ0v) is 18.9. The number of carbonyl (C=O) groups excluding carboxylic acids is 1. The molecule has 1 aliphatic rings. The highest BCUT2D eigenvalue weighted by molar-refractivity contribution is 8.01. The van der Waals surface area contributed by atoms with Crippen LogP contribution in [0.5, 0.6) is 17.2 Å². The van der Waals surface area contributed by atoms with Crippen LogP contribution in [-0.2, 0) is 4.79 Å². The first-order chi connectivity index (χ1) is 15.0. The van der Waals surface area contributed by atoms with Crippen molar-refractivity contribution in [2.75, 3.05) is 26.6 Å². The molecule has 7 nitrogen and oxygen atoms in total.